The number of carbonyl (C=O) groups excluding carboxylic acids is 2. The van der Waals surface area contributed by atoms with E-state index >= 15 is 0 Å². The van der Waals surface area contributed by atoms with Crippen LogP contribution >= 0.6 is 0 Å². The maximum Gasteiger partial charge on any atom is 0.408 e. The predicted octanol–water partition coefficient (Wildman–Crippen LogP) is 0.749. The molecule has 0 rings (SSSR count). The Balaban J connectivity index is 3.91. The first-order valence-electron chi connectivity index (χ1n) is 5.15. The second-order valence-electron chi connectivity index (χ2n) is 4.26. The van der Waals surface area contributed by atoms with Crippen LogP contribution in [-0.2, 0) is 14.3 Å². The average Bonchev–Trinajstić information content (AvgIpc) is 1.98. The standard InChI is InChI=1S/C10H20N2O4/c1-5-15-8(13)6-7(11)12-9(14)16-10(2,3)4/h7H,5-6,11H2,1-4H3,(H,12,14)/t7-/m0/s1. The van der Waals surface area contributed by atoms with Gasteiger partial charge < -0.3 is 20.5 Å². The number of nitrogens with one attached hydrogen (secondary N) is 1. The van der Waals surface area contributed by atoms with Crippen molar-refractivity contribution in [2.24, 2.45) is 5.73 Å². The Labute approximate surface area is 95.5 Å². The summed E-state index contributed by atoms with van der Waals surface area (Å²) in [4.78, 5) is 22.3. The van der Waals surface area contributed by atoms with E-state index < -0.39 is 23.8 Å². The summed E-state index contributed by atoms with van der Waals surface area (Å²) in [5, 5.41) is 2.34. The summed E-state index contributed by atoms with van der Waals surface area (Å²) < 4.78 is 9.65. The lowest BCUT2D eigenvalue weighted by atomic mass is 10.2. The fraction of sp³-hybridized carbons (Fsp3) is 0.800. The molecule has 0 heterocycles. The van der Waals surface area contributed by atoms with Crippen molar-refractivity contribution in [1.82, 2.24) is 5.32 Å². The fourth-order valence-electron chi connectivity index (χ4n) is 0.909. The number of ether oxygens (including phenoxy) is 2. The van der Waals surface area contributed by atoms with Crippen LogP contribution in [0.1, 0.15) is 34.1 Å². The molecule has 6 nitrogen and oxygen atoms in total. The number of amides is 1. The maximum absolute atomic E-state index is 11.2. The molecular formula is C10H20N2O4. The molecule has 0 fully saturated rings. The molecule has 0 aromatic rings. The molecule has 6 heteroatoms. The number of carbonyl (C=O) groups is 2. The number of esters is 1. The summed E-state index contributed by atoms with van der Waals surface area (Å²) in [5.74, 6) is -0.453. The molecule has 0 aliphatic heterocycles. The average molecular weight is 232 g/mol. The Kier molecular flexibility index (Phi) is 5.81. The molecule has 1 amide bonds. The van der Waals surface area contributed by atoms with Crippen LogP contribution in [0.4, 0.5) is 4.79 Å². The van der Waals surface area contributed by atoms with Crippen LogP contribution in [0.3, 0.4) is 0 Å². The Morgan fingerprint density at radius 3 is 2.38 bits per heavy atom. The van der Waals surface area contributed by atoms with E-state index in [-0.39, 0.29) is 13.0 Å². The zero-order valence-corrected chi connectivity index (χ0v) is 10.2. The van der Waals surface area contributed by atoms with Crippen LogP contribution in [0, 0.1) is 0 Å². The van der Waals surface area contributed by atoms with Crippen LogP contribution < -0.4 is 11.1 Å². The van der Waals surface area contributed by atoms with Gasteiger partial charge in [0.25, 0.3) is 0 Å². The van der Waals surface area contributed by atoms with Crippen LogP contribution in [-0.4, -0.2) is 30.4 Å². The smallest absolute Gasteiger partial charge is 0.408 e. The minimum atomic E-state index is -0.797. The zero-order chi connectivity index (χ0) is 12.8. The summed E-state index contributed by atoms with van der Waals surface area (Å²) in [6, 6.07) is 0. The highest BCUT2D eigenvalue weighted by Crippen LogP contribution is 2.06. The van der Waals surface area contributed by atoms with Crippen LogP contribution in [0.25, 0.3) is 0 Å². The molecule has 0 saturated heterocycles. The third-order valence-electron chi connectivity index (χ3n) is 1.39. The topological polar surface area (TPSA) is 90.6 Å². The first kappa shape index (κ1) is 14.7. The molecule has 0 aromatic heterocycles. The van der Waals surface area contributed by atoms with E-state index in [1.54, 1.807) is 27.7 Å². The van der Waals surface area contributed by atoms with E-state index in [4.69, 9.17) is 10.5 Å². The lowest BCUT2D eigenvalue weighted by Crippen LogP contribution is -2.45. The van der Waals surface area contributed by atoms with Crippen molar-refractivity contribution < 1.29 is 19.1 Å². The molecule has 1 atom stereocenters. The molecule has 0 bridgehead atoms. The Bertz CT molecular complexity index is 248. The Morgan fingerprint density at radius 1 is 1.38 bits per heavy atom. The third-order valence-corrected chi connectivity index (χ3v) is 1.39. The number of hydrogen-bond donors (Lipinski definition) is 2. The van der Waals surface area contributed by atoms with Crippen molar-refractivity contribution in [2.45, 2.75) is 45.9 Å². The summed E-state index contributed by atoms with van der Waals surface area (Å²) >= 11 is 0. The van der Waals surface area contributed by atoms with Gasteiger partial charge in [0.2, 0.25) is 0 Å². The van der Waals surface area contributed by atoms with E-state index in [2.05, 4.69) is 10.1 Å². The maximum atomic E-state index is 11.2. The molecule has 0 aromatic carbocycles. The van der Waals surface area contributed by atoms with E-state index in [1.807, 2.05) is 0 Å². The van der Waals surface area contributed by atoms with Crippen molar-refractivity contribution in [3.05, 3.63) is 0 Å². The van der Waals surface area contributed by atoms with Gasteiger partial charge >= 0.3 is 12.1 Å². The van der Waals surface area contributed by atoms with Gasteiger partial charge in [0.05, 0.1) is 19.2 Å². The normalized spacial score (nSPS) is 12.8. The molecule has 0 aliphatic rings. The van der Waals surface area contributed by atoms with E-state index in [9.17, 15) is 9.59 Å². The second-order valence-corrected chi connectivity index (χ2v) is 4.26. The van der Waals surface area contributed by atoms with Gasteiger partial charge in [0.1, 0.15) is 5.60 Å². The highest BCUT2D eigenvalue weighted by Gasteiger charge is 2.19. The van der Waals surface area contributed by atoms with Gasteiger partial charge in [0.15, 0.2) is 0 Å². The largest absolute Gasteiger partial charge is 0.466 e. The van der Waals surface area contributed by atoms with E-state index in [0.29, 0.717) is 0 Å². The summed E-state index contributed by atoms with van der Waals surface area (Å²) in [5.41, 5.74) is 4.92. The minimum absolute atomic E-state index is 0.0763. The fourth-order valence-corrected chi connectivity index (χ4v) is 0.909. The molecule has 0 aliphatic carbocycles. The van der Waals surface area contributed by atoms with Crippen molar-refractivity contribution in [3.8, 4) is 0 Å². The first-order valence-corrected chi connectivity index (χ1v) is 5.15. The number of nitrogens with two attached hydrogens (primary N) is 1. The van der Waals surface area contributed by atoms with Gasteiger partial charge in [-0.1, -0.05) is 0 Å². The minimum Gasteiger partial charge on any atom is -0.466 e. The molecule has 16 heavy (non-hydrogen) atoms. The van der Waals surface area contributed by atoms with Crippen molar-refractivity contribution >= 4 is 12.1 Å². The molecular weight excluding hydrogens is 212 g/mol. The van der Waals surface area contributed by atoms with Crippen LogP contribution in [0.15, 0.2) is 0 Å². The van der Waals surface area contributed by atoms with Gasteiger partial charge in [0, 0.05) is 0 Å². The SMILES string of the molecule is CCOC(=O)C[C@@H](N)NC(=O)OC(C)(C)C. The number of alkyl carbamates (subject to hydrolysis) is 1. The van der Waals surface area contributed by atoms with Crippen molar-refractivity contribution in [2.75, 3.05) is 6.61 Å². The lowest BCUT2D eigenvalue weighted by molar-refractivity contribution is -0.143. The predicted molar refractivity (Wildman–Crippen MR) is 58.6 cm³/mol. The molecule has 0 saturated carbocycles. The Morgan fingerprint density at radius 2 is 1.94 bits per heavy atom. The van der Waals surface area contributed by atoms with E-state index in [0.717, 1.165) is 0 Å². The second kappa shape index (κ2) is 6.32. The summed E-state index contributed by atoms with van der Waals surface area (Å²) in [6.45, 7) is 7.21. The van der Waals surface area contributed by atoms with Gasteiger partial charge in [-0.3, -0.25) is 4.79 Å². The lowest BCUT2D eigenvalue weighted by Gasteiger charge is -2.21. The zero-order valence-electron chi connectivity index (χ0n) is 10.2. The summed E-state index contributed by atoms with van der Waals surface area (Å²) in [6.07, 6.45) is -1.52. The van der Waals surface area contributed by atoms with Crippen LogP contribution in [0.2, 0.25) is 0 Å². The molecule has 94 valence electrons. The van der Waals surface area contributed by atoms with Crippen molar-refractivity contribution in [3.63, 3.8) is 0 Å². The molecule has 0 spiro atoms. The monoisotopic (exact) mass is 232 g/mol. The first-order chi connectivity index (χ1) is 7.24. The van der Waals surface area contributed by atoms with Gasteiger partial charge in [-0.05, 0) is 27.7 Å². The van der Waals surface area contributed by atoms with Crippen molar-refractivity contribution in [1.29, 1.82) is 0 Å². The van der Waals surface area contributed by atoms with Gasteiger partial charge in [-0.2, -0.15) is 0 Å². The van der Waals surface area contributed by atoms with E-state index in [1.165, 1.54) is 0 Å². The molecule has 3 N–H and O–H groups in total. The highest BCUT2D eigenvalue weighted by atomic mass is 16.6. The Hall–Kier alpha value is -1.30. The van der Waals surface area contributed by atoms with Gasteiger partial charge in [-0.15, -0.1) is 0 Å². The highest BCUT2D eigenvalue weighted by molar-refractivity contribution is 5.72. The molecule has 0 unspecified atom stereocenters. The molecule has 0 radical (unpaired) electrons. The van der Waals surface area contributed by atoms with Gasteiger partial charge in [-0.25, -0.2) is 4.79 Å². The van der Waals surface area contributed by atoms with Crippen LogP contribution in [0.5, 0.6) is 0 Å². The number of rotatable bonds is 4. The quantitative estimate of drug-likeness (QED) is 0.551. The number of hydrogen-bond acceptors (Lipinski definition) is 5. The third kappa shape index (κ3) is 8.05. The summed E-state index contributed by atoms with van der Waals surface area (Å²) in [7, 11) is 0.